The first-order chi connectivity index (χ1) is 9.06. The number of nitro groups is 1. The van der Waals surface area contributed by atoms with Gasteiger partial charge in [0.05, 0.1) is 17.4 Å². The third kappa shape index (κ3) is 3.37. The van der Waals surface area contributed by atoms with Crippen molar-refractivity contribution in [2.24, 2.45) is 0 Å². The van der Waals surface area contributed by atoms with E-state index in [0.29, 0.717) is 18.4 Å². The Kier molecular flexibility index (Phi) is 3.89. The number of benzene rings is 1. The Hall–Kier alpha value is -2.24. The highest BCUT2D eigenvalue weighted by Gasteiger charge is 2.25. The minimum absolute atomic E-state index is 0.00451. The second-order valence-corrected chi connectivity index (χ2v) is 4.58. The van der Waals surface area contributed by atoms with Crippen LogP contribution in [0.25, 0.3) is 0 Å². The first-order valence-electron chi connectivity index (χ1n) is 6.11. The molecule has 1 aliphatic carbocycles. The van der Waals surface area contributed by atoms with Crippen molar-refractivity contribution in [3.8, 4) is 0 Å². The first-order valence-corrected chi connectivity index (χ1v) is 6.11. The van der Waals surface area contributed by atoms with Gasteiger partial charge in [-0.3, -0.25) is 19.7 Å². The number of hydrogen-bond acceptors (Lipinski definition) is 4. The van der Waals surface area contributed by atoms with Crippen LogP contribution in [-0.2, 0) is 16.0 Å². The standard InChI is InChI=1S/C13H14N2O4/c16-12-3-1-2-11(12)14-13(17)8-9-4-6-10(7-5-9)15(18)19/h4-7,11H,1-3,8H2,(H,14,17)/t11-/m1/s1. The minimum Gasteiger partial charge on any atom is -0.346 e. The fourth-order valence-corrected chi connectivity index (χ4v) is 2.13. The molecule has 1 N–H and O–H groups in total. The van der Waals surface area contributed by atoms with Crippen molar-refractivity contribution in [1.82, 2.24) is 5.32 Å². The Morgan fingerprint density at radius 1 is 1.37 bits per heavy atom. The number of non-ortho nitro benzene ring substituents is 1. The summed E-state index contributed by atoms with van der Waals surface area (Å²) in [5.41, 5.74) is 0.684. The number of hydrogen-bond donors (Lipinski definition) is 1. The lowest BCUT2D eigenvalue weighted by atomic mass is 10.1. The molecule has 6 heteroatoms. The van der Waals surface area contributed by atoms with E-state index in [9.17, 15) is 19.7 Å². The molecule has 0 unspecified atom stereocenters. The molecule has 19 heavy (non-hydrogen) atoms. The zero-order chi connectivity index (χ0) is 13.8. The van der Waals surface area contributed by atoms with Crippen LogP contribution in [0, 0.1) is 10.1 Å². The van der Waals surface area contributed by atoms with E-state index in [1.54, 1.807) is 12.1 Å². The quantitative estimate of drug-likeness (QED) is 0.655. The van der Waals surface area contributed by atoms with Crippen LogP contribution in [0.2, 0.25) is 0 Å². The van der Waals surface area contributed by atoms with Gasteiger partial charge in [0.25, 0.3) is 5.69 Å². The van der Waals surface area contributed by atoms with Gasteiger partial charge in [-0.15, -0.1) is 0 Å². The van der Waals surface area contributed by atoms with Gasteiger partial charge in [-0.2, -0.15) is 0 Å². The lowest BCUT2D eigenvalue weighted by Crippen LogP contribution is -2.38. The van der Waals surface area contributed by atoms with Crippen molar-refractivity contribution < 1.29 is 14.5 Å². The zero-order valence-electron chi connectivity index (χ0n) is 10.3. The van der Waals surface area contributed by atoms with Crippen LogP contribution in [0.15, 0.2) is 24.3 Å². The Labute approximate surface area is 110 Å². The van der Waals surface area contributed by atoms with E-state index in [1.165, 1.54) is 12.1 Å². The molecule has 0 aromatic heterocycles. The molecule has 1 aliphatic rings. The SMILES string of the molecule is O=C(Cc1ccc([N+](=O)[O-])cc1)N[C@@H]1CCCC1=O. The average molecular weight is 262 g/mol. The average Bonchev–Trinajstić information content (AvgIpc) is 2.75. The normalized spacial score (nSPS) is 18.3. The summed E-state index contributed by atoms with van der Waals surface area (Å²) in [6.45, 7) is 0. The minimum atomic E-state index is -0.485. The maximum absolute atomic E-state index is 11.7. The lowest BCUT2D eigenvalue weighted by molar-refractivity contribution is -0.384. The number of ketones is 1. The Morgan fingerprint density at radius 3 is 2.58 bits per heavy atom. The summed E-state index contributed by atoms with van der Waals surface area (Å²) >= 11 is 0. The van der Waals surface area contributed by atoms with Crippen LogP contribution in [0.5, 0.6) is 0 Å². The van der Waals surface area contributed by atoms with Gasteiger partial charge in [-0.05, 0) is 18.4 Å². The van der Waals surface area contributed by atoms with Gasteiger partial charge >= 0.3 is 0 Å². The number of carbonyl (C=O) groups excluding carboxylic acids is 2. The molecule has 1 aromatic carbocycles. The number of nitro benzene ring substituents is 1. The third-order valence-electron chi connectivity index (χ3n) is 3.15. The summed E-state index contributed by atoms with van der Waals surface area (Å²) in [6.07, 6.45) is 2.18. The summed E-state index contributed by atoms with van der Waals surface area (Å²) in [6, 6.07) is 5.47. The Balaban J connectivity index is 1.91. The fraction of sp³-hybridized carbons (Fsp3) is 0.385. The van der Waals surface area contributed by atoms with Gasteiger partial charge in [0.15, 0.2) is 5.78 Å². The van der Waals surface area contributed by atoms with Crippen LogP contribution < -0.4 is 5.32 Å². The molecule has 2 rings (SSSR count). The molecule has 0 aliphatic heterocycles. The van der Waals surface area contributed by atoms with Crippen molar-refractivity contribution in [2.75, 3.05) is 0 Å². The fourth-order valence-electron chi connectivity index (χ4n) is 2.13. The number of nitrogens with one attached hydrogen (secondary N) is 1. The topological polar surface area (TPSA) is 89.3 Å². The third-order valence-corrected chi connectivity index (χ3v) is 3.15. The van der Waals surface area contributed by atoms with Crippen molar-refractivity contribution in [1.29, 1.82) is 0 Å². The molecule has 1 fully saturated rings. The maximum atomic E-state index is 11.7. The summed E-state index contributed by atoms with van der Waals surface area (Å²) < 4.78 is 0. The second-order valence-electron chi connectivity index (χ2n) is 4.58. The monoisotopic (exact) mass is 262 g/mol. The molecule has 0 saturated heterocycles. The summed E-state index contributed by atoms with van der Waals surface area (Å²) in [7, 11) is 0. The first kappa shape index (κ1) is 13.2. The zero-order valence-corrected chi connectivity index (χ0v) is 10.3. The van der Waals surface area contributed by atoms with Crippen LogP contribution >= 0.6 is 0 Å². The summed E-state index contributed by atoms with van der Waals surface area (Å²) in [5.74, 6) is -0.147. The highest BCUT2D eigenvalue weighted by atomic mass is 16.6. The molecule has 1 aromatic rings. The maximum Gasteiger partial charge on any atom is 0.269 e. The molecule has 1 saturated carbocycles. The predicted octanol–water partition coefficient (Wildman–Crippen LogP) is 1.38. The highest BCUT2D eigenvalue weighted by molar-refractivity contribution is 5.91. The molecule has 6 nitrogen and oxygen atoms in total. The number of carbonyl (C=O) groups is 2. The molecule has 0 radical (unpaired) electrons. The van der Waals surface area contributed by atoms with Crippen molar-refractivity contribution in [3.63, 3.8) is 0 Å². The molecular weight excluding hydrogens is 248 g/mol. The van der Waals surface area contributed by atoms with E-state index < -0.39 is 4.92 Å². The number of Topliss-reactive ketones (excluding diaryl/α,β-unsaturated/α-hetero) is 1. The van der Waals surface area contributed by atoms with E-state index in [0.717, 1.165) is 6.42 Å². The van der Waals surface area contributed by atoms with Crippen molar-refractivity contribution >= 4 is 17.4 Å². The molecule has 1 atom stereocenters. The molecule has 0 heterocycles. The van der Waals surface area contributed by atoms with Gasteiger partial charge in [0, 0.05) is 18.6 Å². The van der Waals surface area contributed by atoms with E-state index in [2.05, 4.69) is 5.32 Å². The molecule has 0 spiro atoms. The molecule has 0 bridgehead atoms. The highest BCUT2D eigenvalue weighted by Crippen LogP contribution is 2.15. The summed E-state index contributed by atoms with van der Waals surface area (Å²) in [5, 5.41) is 13.2. The van der Waals surface area contributed by atoms with Gasteiger partial charge in [-0.25, -0.2) is 0 Å². The van der Waals surface area contributed by atoms with Crippen LogP contribution in [-0.4, -0.2) is 22.7 Å². The Morgan fingerprint density at radius 2 is 2.05 bits per heavy atom. The van der Waals surface area contributed by atoms with E-state index in [4.69, 9.17) is 0 Å². The van der Waals surface area contributed by atoms with Crippen LogP contribution in [0.4, 0.5) is 5.69 Å². The lowest BCUT2D eigenvalue weighted by Gasteiger charge is -2.10. The van der Waals surface area contributed by atoms with Gasteiger partial charge in [-0.1, -0.05) is 12.1 Å². The van der Waals surface area contributed by atoms with Gasteiger partial charge in [0.1, 0.15) is 0 Å². The van der Waals surface area contributed by atoms with E-state index >= 15 is 0 Å². The summed E-state index contributed by atoms with van der Waals surface area (Å²) in [4.78, 5) is 33.1. The number of amides is 1. The van der Waals surface area contributed by atoms with Gasteiger partial charge in [0.2, 0.25) is 5.91 Å². The van der Waals surface area contributed by atoms with Crippen LogP contribution in [0.1, 0.15) is 24.8 Å². The Bertz CT molecular complexity index is 510. The number of rotatable bonds is 4. The smallest absolute Gasteiger partial charge is 0.269 e. The van der Waals surface area contributed by atoms with Gasteiger partial charge < -0.3 is 5.32 Å². The molecule has 100 valence electrons. The van der Waals surface area contributed by atoms with Crippen molar-refractivity contribution in [2.45, 2.75) is 31.7 Å². The van der Waals surface area contributed by atoms with Crippen molar-refractivity contribution in [3.05, 3.63) is 39.9 Å². The van der Waals surface area contributed by atoms with E-state index in [-0.39, 0.29) is 29.8 Å². The van der Waals surface area contributed by atoms with Crippen LogP contribution in [0.3, 0.4) is 0 Å². The molecular formula is C13H14N2O4. The largest absolute Gasteiger partial charge is 0.346 e. The predicted molar refractivity (Wildman–Crippen MR) is 67.6 cm³/mol. The number of nitrogens with zero attached hydrogens (tertiary/aromatic N) is 1. The second kappa shape index (κ2) is 5.60. The van der Waals surface area contributed by atoms with E-state index in [1.807, 2.05) is 0 Å². The molecule has 1 amide bonds.